The number of carbonyl (C=O) groups is 2. The number of benzene rings is 1. The number of nitrogens with zero attached hydrogens (tertiary/aromatic N) is 4. The Hall–Kier alpha value is -2.08. The normalized spacial score (nSPS) is 19.5. The van der Waals surface area contributed by atoms with E-state index in [4.69, 9.17) is 0 Å². The molecule has 0 unspecified atom stereocenters. The van der Waals surface area contributed by atoms with Crippen LogP contribution in [0.1, 0.15) is 5.56 Å². The molecule has 0 aromatic heterocycles. The van der Waals surface area contributed by atoms with Crippen molar-refractivity contribution < 1.29 is 9.59 Å². The first kappa shape index (κ1) is 16.8. The lowest BCUT2D eigenvalue weighted by Crippen LogP contribution is -2.53. The molecule has 6 nitrogen and oxygen atoms in total. The third-order valence-corrected chi connectivity index (χ3v) is 4.91. The van der Waals surface area contributed by atoms with Crippen molar-refractivity contribution in [2.24, 2.45) is 0 Å². The molecule has 0 N–H and O–H groups in total. The summed E-state index contributed by atoms with van der Waals surface area (Å²) in [6, 6.07) is 8.58. The molecule has 3 rings (SSSR count). The largest absolute Gasteiger partial charge is 0.369 e. The number of piperazine rings is 2. The van der Waals surface area contributed by atoms with Crippen LogP contribution < -0.4 is 4.90 Å². The van der Waals surface area contributed by atoms with Crippen molar-refractivity contribution in [1.29, 1.82) is 0 Å². The zero-order chi connectivity index (χ0) is 16.9. The summed E-state index contributed by atoms with van der Waals surface area (Å²) in [6.07, 6.45) is 0.867. The van der Waals surface area contributed by atoms with Crippen LogP contribution in [0.4, 0.5) is 5.69 Å². The van der Waals surface area contributed by atoms with E-state index in [1.54, 1.807) is 4.90 Å². The summed E-state index contributed by atoms with van der Waals surface area (Å²) in [5, 5.41) is 0. The summed E-state index contributed by atoms with van der Waals surface area (Å²) in [5.74, 6) is 0.185. The van der Waals surface area contributed by atoms with E-state index in [9.17, 15) is 9.59 Å². The molecular weight excluding hydrogens is 304 g/mol. The molecule has 130 valence electrons. The molecule has 2 amide bonds. The van der Waals surface area contributed by atoms with Gasteiger partial charge in [-0.2, -0.15) is 0 Å². The Labute approximate surface area is 143 Å². The molecule has 0 aliphatic carbocycles. The monoisotopic (exact) mass is 330 g/mol. The molecule has 2 aliphatic heterocycles. The number of hydrogen-bond acceptors (Lipinski definition) is 4. The highest BCUT2D eigenvalue weighted by Crippen LogP contribution is 2.17. The van der Waals surface area contributed by atoms with Crippen molar-refractivity contribution in [2.75, 3.05) is 63.8 Å². The lowest BCUT2D eigenvalue weighted by atomic mass is 10.2. The highest BCUT2D eigenvalue weighted by Gasteiger charge is 2.24. The van der Waals surface area contributed by atoms with Gasteiger partial charge in [0.05, 0.1) is 6.54 Å². The van der Waals surface area contributed by atoms with Crippen LogP contribution >= 0.6 is 0 Å². The predicted octanol–water partition coefficient (Wildman–Crippen LogP) is 0.418. The number of rotatable bonds is 4. The minimum absolute atomic E-state index is 0.185. The Morgan fingerprint density at radius 2 is 1.75 bits per heavy atom. The third kappa shape index (κ3) is 4.06. The second kappa shape index (κ2) is 7.66. The molecule has 1 aromatic rings. The van der Waals surface area contributed by atoms with Crippen LogP contribution in [0.25, 0.3) is 0 Å². The SMILES string of the molecule is Cc1cccc(N2CCN(CC(=O)N3CCN(C=O)CC3)CC2)c1. The molecule has 2 saturated heterocycles. The average Bonchev–Trinajstić information content (AvgIpc) is 2.62. The minimum atomic E-state index is 0.185. The Morgan fingerprint density at radius 3 is 2.38 bits per heavy atom. The fourth-order valence-electron chi connectivity index (χ4n) is 3.36. The molecule has 0 saturated carbocycles. The summed E-state index contributed by atoms with van der Waals surface area (Å²) in [6.45, 7) is 8.94. The minimum Gasteiger partial charge on any atom is -0.369 e. The highest BCUT2D eigenvalue weighted by molar-refractivity contribution is 5.78. The average molecular weight is 330 g/mol. The summed E-state index contributed by atoms with van der Waals surface area (Å²) < 4.78 is 0. The van der Waals surface area contributed by atoms with Crippen LogP contribution in [0.3, 0.4) is 0 Å². The summed E-state index contributed by atoms with van der Waals surface area (Å²) in [7, 11) is 0. The van der Waals surface area contributed by atoms with Gasteiger partial charge in [-0.1, -0.05) is 12.1 Å². The zero-order valence-electron chi connectivity index (χ0n) is 14.4. The van der Waals surface area contributed by atoms with Crippen LogP contribution in [0, 0.1) is 6.92 Å². The molecule has 0 bridgehead atoms. The lowest BCUT2D eigenvalue weighted by Gasteiger charge is -2.38. The van der Waals surface area contributed by atoms with Gasteiger partial charge in [0.15, 0.2) is 0 Å². The predicted molar refractivity (Wildman–Crippen MR) is 94.0 cm³/mol. The molecule has 1 aromatic carbocycles. The van der Waals surface area contributed by atoms with Crippen molar-refractivity contribution in [1.82, 2.24) is 14.7 Å². The summed E-state index contributed by atoms with van der Waals surface area (Å²) in [4.78, 5) is 31.4. The van der Waals surface area contributed by atoms with Crippen molar-refractivity contribution >= 4 is 18.0 Å². The number of amides is 2. The molecule has 0 spiro atoms. The Kier molecular flexibility index (Phi) is 5.35. The Bertz CT molecular complexity index is 576. The van der Waals surface area contributed by atoms with E-state index in [1.807, 2.05) is 4.90 Å². The van der Waals surface area contributed by atoms with E-state index in [2.05, 4.69) is 41.0 Å². The maximum atomic E-state index is 12.4. The Morgan fingerprint density at radius 1 is 1.04 bits per heavy atom. The van der Waals surface area contributed by atoms with Crippen LogP contribution in [0.15, 0.2) is 24.3 Å². The van der Waals surface area contributed by atoms with Gasteiger partial charge in [-0.15, -0.1) is 0 Å². The molecule has 2 fully saturated rings. The van der Waals surface area contributed by atoms with Gasteiger partial charge in [0.1, 0.15) is 0 Å². The van der Waals surface area contributed by atoms with Crippen LogP contribution in [-0.2, 0) is 9.59 Å². The molecule has 6 heteroatoms. The first-order valence-corrected chi connectivity index (χ1v) is 8.67. The van der Waals surface area contributed by atoms with Crippen LogP contribution in [0.2, 0.25) is 0 Å². The van der Waals surface area contributed by atoms with Gasteiger partial charge in [0.2, 0.25) is 12.3 Å². The van der Waals surface area contributed by atoms with Crippen LogP contribution in [-0.4, -0.2) is 85.9 Å². The van der Waals surface area contributed by atoms with Gasteiger partial charge in [-0.05, 0) is 24.6 Å². The first-order valence-electron chi connectivity index (χ1n) is 8.67. The number of anilines is 1. The molecule has 0 radical (unpaired) electrons. The molecule has 2 aliphatic rings. The Balaban J connectivity index is 1.45. The van der Waals surface area contributed by atoms with Crippen molar-refractivity contribution in [3.8, 4) is 0 Å². The fraction of sp³-hybridized carbons (Fsp3) is 0.556. The van der Waals surface area contributed by atoms with E-state index < -0.39 is 0 Å². The molecule has 24 heavy (non-hydrogen) atoms. The van der Waals surface area contributed by atoms with Crippen molar-refractivity contribution in [3.63, 3.8) is 0 Å². The van der Waals surface area contributed by atoms with Gasteiger partial charge in [-0.3, -0.25) is 14.5 Å². The molecule has 2 heterocycles. The fourth-order valence-corrected chi connectivity index (χ4v) is 3.36. The lowest BCUT2D eigenvalue weighted by molar-refractivity contribution is -0.136. The number of aryl methyl sites for hydroxylation is 1. The van der Waals surface area contributed by atoms with Crippen LogP contribution in [0.5, 0.6) is 0 Å². The van der Waals surface area contributed by atoms with Gasteiger partial charge in [0.25, 0.3) is 0 Å². The topological polar surface area (TPSA) is 47.1 Å². The second-order valence-corrected chi connectivity index (χ2v) is 6.62. The van der Waals surface area contributed by atoms with E-state index in [1.165, 1.54) is 11.3 Å². The van der Waals surface area contributed by atoms with Crippen molar-refractivity contribution in [2.45, 2.75) is 6.92 Å². The standard InChI is InChI=1S/C18H26N4O2/c1-16-3-2-4-17(13-16)21-9-5-19(6-10-21)14-18(24)22-11-7-20(15-23)8-12-22/h2-4,13,15H,5-12,14H2,1H3. The molecule has 0 atom stereocenters. The third-order valence-electron chi connectivity index (χ3n) is 4.91. The molecular formula is C18H26N4O2. The smallest absolute Gasteiger partial charge is 0.236 e. The van der Waals surface area contributed by atoms with E-state index >= 15 is 0 Å². The second-order valence-electron chi connectivity index (χ2n) is 6.62. The van der Waals surface area contributed by atoms with Gasteiger partial charge < -0.3 is 14.7 Å². The first-order chi connectivity index (χ1) is 11.7. The summed E-state index contributed by atoms with van der Waals surface area (Å²) in [5.41, 5.74) is 2.55. The highest BCUT2D eigenvalue weighted by atomic mass is 16.2. The number of carbonyl (C=O) groups excluding carboxylic acids is 2. The number of hydrogen-bond donors (Lipinski definition) is 0. The van der Waals surface area contributed by atoms with E-state index in [0.29, 0.717) is 32.7 Å². The van der Waals surface area contributed by atoms with Crippen molar-refractivity contribution in [3.05, 3.63) is 29.8 Å². The van der Waals surface area contributed by atoms with E-state index in [-0.39, 0.29) is 5.91 Å². The van der Waals surface area contributed by atoms with E-state index in [0.717, 1.165) is 32.6 Å². The van der Waals surface area contributed by atoms with Gasteiger partial charge >= 0.3 is 0 Å². The maximum Gasteiger partial charge on any atom is 0.236 e. The quantitative estimate of drug-likeness (QED) is 0.751. The maximum absolute atomic E-state index is 12.4. The van der Waals surface area contributed by atoms with Gasteiger partial charge in [-0.25, -0.2) is 0 Å². The van der Waals surface area contributed by atoms with Gasteiger partial charge in [0, 0.05) is 58.0 Å². The summed E-state index contributed by atoms with van der Waals surface area (Å²) >= 11 is 0. The zero-order valence-corrected chi connectivity index (χ0v) is 14.4.